The monoisotopic (exact) mass is 441 g/mol. The summed E-state index contributed by atoms with van der Waals surface area (Å²) in [4.78, 5) is 26.4. The van der Waals surface area contributed by atoms with Crippen LogP contribution in [0.5, 0.6) is 0 Å². The van der Waals surface area contributed by atoms with E-state index in [9.17, 15) is 9.59 Å². The molecule has 0 saturated heterocycles. The molecule has 2 aromatic heterocycles. The molecule has 0 atom stereocenters. The standard InChI is InChI=1S/C26H27N5O2/c1-30-16-19(15-27-30)24-22-13-7-8-14-23(22)26(33)31(29-24)17-18-9-5-6-12-21(18)25(32)28-20-10-3-2-4-11-20/h5-9,12-16,20H,2-4,10-11,17H2,1H3,(H,28,32). The highest BCUT2D eigenvalue weighted by Crippen LogP contribution is 2.24. The second-order valence-electron chi connectivity index (χ2n) is 8.73. The lowest BCUT2D eigenvalue weighted by molar-refractivity contribution is 0.0926. The molecule has 0 unspecified atom stereocenters. The fraction of sp³-hybridized carbons (Fsp3) is 0.308. The first-order chi connectivity index (χ1) is 16.1. The third-order valence-electron chi connectivity index (χ3n) is 6.37. The zero-order valence-corrected chi connectivity index (χ0v) is 18.7. The average molecular weight is 442 g/mol. The number of benzene rings is 2. The molecule has 2 aromatic carbocycles. The van der Waals surface area contributed by atoms with E-state index >= 15 is 0 Å². The third-order valence-corrected chi connectivity index (χ3v) is 6.37. The summed E-state index contributed by atoms with van der Waals surface area (Å²) < 4.78 is 3.17. The molecule has 0 bridgehead atoms. The molecule has 33 heavy (non-hydrogen) atoms. The van der Waals surface area contributed by atoms with Crippen LogP contribution in [-0.4, -0.2) is 31.5 Å². The van der Waals surface area contributed by atoms with Crippen molar-refractivity contribution in [3.05, 3.63) is 82.4 Å². The van der Waals surface area contributed by atoms with Crippen molar-refractivity contribution in [1.29, 1.82) is 0 Å². The van der Waals surface area contributed by atoms with Gasteiger partial charge in [0.15, 0.2) is 0 Å². The summed E-state index contributed by atoms with van der Waals surface area (Å²) >= 11 is 0. The summed E-state index contributed by atoms with van der Waals surface area (Å²) in [5.74, 6) is -0.0844. The predicted octanol–water partition coefficient (Wildman–Crippen LogP) is 3.91. The summed E-state index contributed by atoms with van der Waals surface area (Å²) in [5.41, 5.74) is 2.72. The van der Waals surface area contributed by atoms with Gasteiger partial charge in [0, 0.05) is 35.8 Å². The van der Waals surface area contributed by atoms with Gasteiger partial charge in [0.25, 0.3) is 11.5 Å². The largest absolute Gasteiger partial charge is 0.349 e. The minimum atomic E-state index is -0.180. The topological polar surface area (TPSA) is 81.8 Å². The molecule has 0 radical (unpaired) electrons. The van der Waals surface area contributed by atoms with Gasteiger partial charge in [0.05, 0.1) is 18.1 Å². The molecule has 7 nitrogen and oxygen atoms in total. The number of nitrogens with one attached hydrogen (secondary N) is 1. The Morgan fingerprint density at radius 2 is 1.76 bits per heavy atom. The van der Waals surface area contributed by atoms with E-state index in [0.717, 1.165) is 42.2 Å². The maximum Gasteiger partial charge on any atom is 0.274 e. The Morgan fingerprint density at radius 3 is 2.52 bits per heavy atom. The van der Waals surface area contributed by atoms with Gasteiger partial charge in [-0.15, -0.1) is 0 Å². The van der Waals surface area contributed by atoms with E-state index in [-0.39, 0.29) is 24.1 Å². The number of aromatic nitrogens is 4. The van der Waals surface area contributed by atoms with Crippen molar-refractivity contribution in [2.75, 3.05) is 0 Å². The molecule has 0 spiro atoms. The number of aryl methyl sites for hydroxylation is 1. The SMILES string of the molecule is Cn1cc(-c2nn(Cc3ccccc3C(=O)NC3CCCCC3)c(=O)c3ccccc23)cn1. The van der Waals surface area contributed by atoms with Crippen LogP contribution >= 0.6 is 0 Å². The number of hydrogen-bond acceptors (Lipinski definition) is 4. The quantitative estimate of drug-likeness (QED) is 0.509. The van der Waals surface area contributed by atoms with Crippen LogP contribution in [-0.2, 0) is 13.6 Å². The van der Waals surface area contributed by atoms with Gasteiger partial charge >= 0.3 is 0 Å². The summed E-state index contributed by atoms with van der Waals surface area (Å²) in [6, 6.07) is 15.2. The average Bonchev–Trinajstić information content (AvgIpc) is 3.28. The number of rotatable bonds is 5. The van der Waals surface area contributed by atoms with E-state index in [1.165, 1.54) is 11.1 Å². The van der Waals surface area contributed by atoms with Gasteiger partial charge in [0.1, 0.15) is 5.69 Å². The number of fused-ring (bicyclic) bond motifs is 1. The van der Waals surface area contributed by atoms with Crippen LogP contribution in [0.1, 0.15) is 48.0 Å². The molecular formula is C26H27N5O2. The smallest absolute Gasteiger partial charge is 0.274 e. The zero-order chi connectivity index (χ0) is 22.8. The fourth-order valence-electron chi connectivity index (χ4n) is 4.65. The maximum atomic E-state index is 13.3. The number of carbonyl (C=O) groups excluding carboxylic acids is 1. The lowest BCUT2D eigenvalue weighted by atomic mass is 9.95. The van der Waals surface area contributed by atoms with E-state index in [4.69, 9.17) is 5.10 Å². The molecule has 1 N–H and O–H groups in total. The third kappa shape index (κ3) is 4.31. The van der Waals surface area contributed by atoms with Crippen molar-refractivity contribution in [3.8, 4) is 11.3 Å². The van der Waals surface area contributed by atoms with Crippen LogP contribution in [0.4, 0.5) is 0 Å². The summed E-state index contributed by atoms with van der Waals surface area (Å²) in [6.07, 6.45) is 9.21. The second-order valence-corrected chi connectivity index (χ2v) is 8.73. The first-order valence-electron chi connectivity index (χ1n) is 11.5. The summed E-state index contributed by atoms with van der Waals surface area (Å²) in [5, 5.41) is 13.5. The van der Waals surface area contributed by atoms with E-state index in [1.807, 2.05) is 61.8 Å². The van der Waals surface area contributed by atoms with Gasteiger partial charge in [-0.2, -0.15) is 10.2 Å². The Kier molecular flexibility index (Phi) is 5.77. The van der Waals surface area contributed by atoms with Gasteiger partial charge < -0.3 is 5.32 Å². The molecule has 2 heterocycles. The van der Waals surface area contributed by atoms with Crippen molar-refractivity contribution >= 4 is 16.7 Å². The highest BCUT2D eigenvalue weighted by atomic mass is 16.2. The fourth-order valence-corrected chi connectivity index (χ4v) is 4.65. The number of carbonyl (C=O) groups is 1. The maximum absolute atomic E-state index is 13.3. The Bertz CT molecular complexity index is 1360. The van der Waals surface area contributed by atoms with Gasteiger partial charge in [0.2, 0.25) is 0 Å². The minimum Gasteiger partial charge on any atom is -0.349 e. The molecule has 1 fully saturated rings. The van der Waals surface area contributed by atoms with Crippen molar-refractivity contribution in [3.63, 3.8) is 0 Å². The molecule has 1 saturated carbocycles. The highest BCUT2D eigenvalue weighted by Gasteiger charge is 2.20. The highest BCUT2D eigenvalue weighted by molar-refractivity contribution is 5.96. The first kappa shape index (κ1) is 21.1. The summed E-state index contributed by atoms with van der Waals surface area (Å²) in [6.45, 7) is 0.213. The van der Waals surface area contributed by atoms with Gasteiger partial charge in [-0.3, -0.25) is 14.3 Å². The van der Waals surface area contributed by atoms with E-state index in [0.29, 0.717) is 16.6 Å². The van der Waals surface area contributed by atoms with Gasteiger partial charge in [-0.1, -0.05) is 55.7 Å². The van der Waals surface area contributed by atoms with Crippen molar-refractivity contribution in [2.45, 2.75) is 44.7 Å². The molecule has 4 aromatic rings. The number of nitrogens with zero attached hydrogens (tertiary/aromatic N) is 4. The Hall–Kier alpha value is -3.74. The van der Waals surface area contributed by atoms with Crippen molar-refractivity contribution in [1.82, 2.24) is 24.9 Å². The predicted molar refractivity (Wildman–Crippen MR) is 128 cm³/mol. The number of amides is 1. The lowest BCUT2D eigenvalue weighted by Gasteiger charge is -2.23. The number of hydrogen-bond donors (Lipinski definition) is 1. The van der Waals surface area contributed by atoms with Gasteiger partial charge in [-0.25, -0.2) is 4.68 Å². The van der Waals surface area contributed by atoms with Crippen LogP contribution in [0, 0.1) is 0 Å². The normalized spacial score (nSPS) is 14.5. The Labute approximate surface area is 192 Å². The molecule has 1 amide bonds. The molecule has 1 aliphatic rings. The van der Waals surface area contributed by atoms with E-state index < -0.39 is 0 Å². The zero-order valence-electron chi connectivity index (χ0n) is 18.7. The van der Waals surface area contributed by atoms with Crippen LogP contribution in [0.25, 0.3) is 22.0 Å². The van der Waals surface area contributed by atoms with Gasteiger partial charge in [-0.05, 0) is 30.5 Å². The van der Waals surface area contributed by atoms with Crippen molar-refractivity contribution < 1.29 is 4.79 Å². The summed E-state index contributed by atoms with van der Waals surface area (Å²) in [7, 11) is 1.85. The van der Waals surface area contributed by atoms with Crippen molar-refractivity contribution in [2.24, 2.45) is 7.05 Å². The minimum absolute atomic E-state index is 0.0844. The van der Waals surface area contributed by atoms with Crippen LogP contribution in [0.3, 0.4) is 0 Å². The Balaban J connectivity index is 1.53. The molecule has 0 aliphatic heterocycles. The van der Waals surface area contributed by atoms with Crippen LogP contribution < -0.4 is 10.9 Å². The second kappa shape index (κ2) is 9.02. The lowest BCUT2D eigenvalue weighted by Crippen LogP contribution is -2.37. The van der Waals surface area contributed by atoms with Crippen LogP contribution in [0.15, 0.2) is 65.7 Å². The molecule has 168 valence electrons. The Morgan fingerprint density at radius 1 is 1.03 bits per heavy atom. The molecule has 1 aliphatic carbocycles. The molecular weight excluding hydrogens is 414 g/mol. The molecule has 5 rings (SSSR count). The molecule has 7 heteroatoms. The first-order valence-corrected chi connectivity index (χ1v) is 11.5. The van der Waals surface area contributed by atoms with E-state index in [2.05, 4.69) is 10.4 Å². The van der Waals surface area contributed by atoms with E-state index in [1.54, 1.807) is 10.9 Å². The van der Waals surface area contributed by atoms with Crippen LogP contribution in [0.2, 0.25) is 0 Å².